The van der Waals surface area contributed by atoms with E-state index in [4.69, 9.17) is 21.1 Å². The summed E-state index contributed by atoms with van der Waals surface area (Å²) in [6, 6.07) is 18.9. The quantitative estimate of drug-likeness (QED) is 0.490. The van der Waals surface area contributed by atoms with Crippen LogP contribution in [0.1, 0.15) is 5.56 Å². The van der Waals surface area contributed by atoms with E-state index in [9.17, 15) is 13.2 Å². The van der Waals surface area contributed by atoms with Crippen molar-refractivity contribution >= 4 is 33.2 Å². The van der Waals surface area contributed by atoms with Gasteiger partial charge < -0.3 is 14.8 Å². The predicted octanol–water partition coefficient (Wildman–Crippen LogP) is 3.89. The van der Waals surface area contributed by atoms with Gasteiger partial charge in [0.2, 0.25) is 15.9 Å². The lowest BCUT2D eigenvalue weighted by Gasteiger charge is -2.19. The van der Waals surface area contributed by atoms with E-state index in [2.05, 4.69) is 10.0 Å². The van der Waals surface area contributed by atoms with Gasteiger partial charge >= 0.3 is 0 Å². The van der Waals surface area contributed by atoms with Gasteiger partial charge in [-0.1, -0.05) is 41.9 Å². The third kappa shape index (κ3) is 6.00. The topological polar surface area (TPSA) is 93.7 Å². The van der Waals surface area contributed by atoms with Crippen LogP contribution in [-0.4, -0.2) is 34.6 Å². The van der Waals surface area contributed by atoms with Crippen molar-refractivity contribution in [3.63, 3.8) is 0 Å². The number of hydrogen-bond donors (Lipinski definition) is 2. The van der Waals surface area contributed by atoms with Gasteiger partial charge in [0, 0.05) is 16.8 Å². The predicted molar refractivity (Wildman–Crippen MR) is 124 cm³/mol. The fourth-order valence-electron chi connectivity index (χ4n) is 3.04. The van der Waals surface area contributed by atoms with Gasteiger partial charge in [-0.2, -0.15) is 4.72 Å². The molecule has 0 fully saturated rings. The van der Waals surface area contributed by atoms with E-state index in [-0.39, 0.29) is 17.1 Å². The van der Waals surface area contributed by atoms with Gasteiger partial charge in [-0.25, -0.2) is 8.42 Å². The molecule has 32 heavy (non-hydrogen) atoms. The Labute approximate surface area is 192 Å². The number of sulfonamides is 1. The molecule has 0 bridgehead atoms. The van der Waals surface area contributed by atoms with E-state index >= 15 is 0 Å². The first-order valence-electron chi connectivity index (χ1n) is 9.67. The lowest BCUT2D eigenvalue weighted by Crippen LogP contribution is -2.45. The Morgan fingerprint density at radius 3 is 2.22 bits per heavy atom. The Hall–Kier alpha value is -3.07. The summed E-state index contributed by atoms with van der Waals surface area (Å²) in [5.74, 6) is 0.161. The van der Waals surface area contributed by atoms with E-state index < -0.39 is 22.0 Å². The monoisotopic (exact) mass is 474 g/mol. The molecule has 0 saturated heterocycles. The summed E-state index contributed by atoms with van der Waals surface area (Å²) in [6.45, 7) is 0. The minimum absolute atomic E-state index is 0.0486. The molecular formula is C23H23ClN2O5S. The maximum atomic E-state index is 13.1. The number of carbonyl (C=O) groups is 1. The third-order valence-electron chi connectivity index (χ3n) is 4.67. The summed E-state index contributed by atoms with van der Waals surface area (Å²) in [5.41, 5.74) is 1.31. The molecule has 3 aromatic rings. The van der Waals surface area contributed by atoms with Crippen LogP contribution in [0.2, 0.25) is 5.02 Å². The van der Waals surface area contributed by atoms with Crippen LogP contribution in [0.3, 0.4) is 0 Å². The van der Waals surface area contributed by atoms with Crippen LogP contribution in [-0.2, 0) is 21.2 Å². The lowest BCUT2D eigenvalue weighted by atomic mass is 10.1. The molecule has 7 nitrogen and oxygen atoms in total. The van der Waals surface area contributed by atoms with Crippen molar-refractivity contribution in [3.05, 3.63) is 83.4 Å². The highest BCUT2D eigenvalue weighted by Gasteiger charge is 2.27. The summed E-state index contributed by atoms with van der Waals surface area (Å²) in [4.78, 5) is 13.0. The number of rotatable bonds is 9. The van der Waals surface area contributed by atoms with Gasteiger partial charge in [-0.15, -0.1) is 0 Å². The number of methoxy groups -OCH3 is 2. The Bertz CT molecular complexity index is 1170. The first-order valence-corrected chi connectivity index (χ1v) is 11.5. The Kier molecular flexibility index (Phi) is 7.74. The standard InChI is InChI=1S/C23H23ClN2O5S/c1-30-21-13-12-19(15-22(21)31-2)32(28,29)26-20(14-16-6-4-3-5-7-16)23(27)25-18-10-8-17(24)9-11-18/h3-13,15,20,26H,14H2,1-2H3,(H,25,27)/t20-/m0/s1. The average Bonchev–Trinajstić information content (AvgIpc) is 2.80. The van der Waals surface area contributed by atoms with E-state index in [1.807, 2.05) is 30.3 Å². The van der Waals surface area contributed by atoms with Crippen LogP contribution in [0, 0.1) is 0 Å². The van der Waals surface area contributed by atoms with Crippen LogP contribution in [0.5, 0.6) is 11.5 Å². The summed E-state index contributed by atoms with van der Waals surface area (Å²) in [5, 5.41) is 3.26. The van der Waals surface area contributed by atoms with E-state index in [0.29, 0.717) is 16.5 Å². The molecule has 168 valence electrons. The average molecular weight is 475 g/mol. The van der Waals surface area contributed by atoms with Gasteiger partial charge in [0.15, 0.2) is 11.5 Å². The summed E-state index contributed by atoms with van der Waals surface area (Å²) in [6.07, 6.45) is 0.160. The zero-order valence-corrected chi connectivity index (χ0v) is 19.1. The molecule has 0 aliphatic carbocycles. The molecular weight excluding hydrogens is 452 g/mol. The fraction of sp³-hybridized carbons (Fsp3) is 0.174. The molecule has 9 heteroatoms. The van der Waals surface area contributed by atoms with Crippen molar-refractivity contribution in [2.24, 2.45) is 0 Å². The van der Waals surface area contributed by atoms with Gasteiger partial charge in [-0.05, 0) is 48.4 Å². The smallest absolute Gasteiger partial charge is 0.242 e. The second-order valence-electron chi connectivity index (χ2n) is 6.88. The number of nitrogens with one attached hydrogen (secondary N) is 2. The summed E-state index contributed by atoms with van der Waals surface area (Å²) >= 11 is 5.90. The minimum Gasteiger partial charge on any atom is -0.493 e. The molecule has 0 aliphatic rings. The summed E-state index contributed by atoms with van der Waals surface area (Å²) in [7, 11) is -1.17. The Balaban J connectivity index is 1.88. The molecule has 3 rings (SSSR count). The van der Waals surface area contributed by atoms with Crippen LogP contribution in [0.25, 0.3) is 0 Å². The van der Waals surface area contributed by atoms with E-state index in [1.54, 1.807) is 24.3 Å². The molecule has 0 aliphatic heterocycles. The second-order valence-corrected chi connectivity index (χ2v) is 9.03. The third-order valence-corrected chi connectivity index (χ3v) is 6.39. The zero-order valence-electron chi connectivity index (χ0n) is 17.5. The number of halogens is 1. The first kappa shape index (κ1) is 23.6. The molecule has 0 radical (unpaired) electrons. The van der Waals surface area contributed by atoms with Crippen molar-refractivity contribution in [3.8, 4) is 11.5 Å². The summed E-state index contributed by atoms with van der Waals surface area (Å²) < 4.78 is 39.1. The molecule has 3 aromatic carbocycles. The second kappa shape index (κ2) is 10.5. The molecule has 0 unspecified atom stereocenters. The van der Waals surface area contributed by atoms with E-state index in [0.717, 1.165) is 5.56 Å². The van der Waals surface area contributed by atoms with E-state index in [1.165, 1.54) is 32.4 Å². The maximum absolute atomic E-state index is 13.1. The molecule has 0 aromatic heterocycles. The van der Waals surface area contributed by atoms with Crippen molar-refractivity contribution in [1.82, 2.24) is 4.72 Å². The molecule has 2 N–H and O–H groups in total. The minimum atomic E-state index is -4.05. The van der Waals surface area contributed by atoms with Crippen LogP contribution < -0.4 is 19.5 Å². The zero-order chi connectivity index (χ0) is 23.1. The molecule has 1 amide bonds. The number of carbonyl (C=O) groups excluding carboxylic acids is 1. The normalized spacial score (nSPS) is 12.1. The maximum Gasteiger partial charge on any atom is 0.242 e. The first-order chi connectivity index (χ1) is 15.3. The Morgan fingerprint density at radius 2 is 1.59 bits per heavy atom. The van der Waals surface area contributed by atoms with Gasteiger partial charge in [0.25, 0.3) is 0 Å². The van der Waals surface area contributed by atoms with Crippen molar-refractivity contribution in [2.45, 2.75) is 17.4 Å². The van der Waals surface area contributed by atoms with Crippen LogP contribution >= 0.6 is 11.6 Å². The molecule has 1 atom stereocenters. The number of amides is 1. The van der Waals surface area contributed by atoms with Gasteiger partial charge in [0.05, 0.1) is 19.1 Å². The number of ether oxygens (including phenoxy) is 2. The van der Waals surface area contributed by atoms with Crippen LogP contribution in [0.15, 0.2) is 77.7 Å². The number of hydrogen-bond acceptors (Lipinski definition) is 5. The Morgan fingerprint density at radius 1 is 0.938 bits per heavy atom. The fourth-order valence-corrected chi connectivity index (χ4v) is 4.38. The SMILES string of the molecule is COc1ccc(S(=O)(=O)N[C@@H](Cc2ccccc2)C(=O)Nc2ccc(Cl)cc2)cc1OC. The van der Waals surface area contributed by atoms with Gasteiger partial charge in [0.1, 0.15) is 6.04 Å². The molecule has 0 heterocycles. The molecule has 0 spiro atoms. The largest absolute Gasteiger partial charge is 0.493 e. The lowest BCUT2D eigenvalue weighted by molar-refractivity contribution is -0.117. The van der Waals surface area contributed by atoms with Crippen LogP contribution in [0.4, 0.5) is 5.69 Å². The highest BCUT2D eigenvalue weighted by Crippen LogP contribution is 2.29. The van der Waals surface area contributed by atoms with Gasteiger partial charge in [-0.3, -0.25) is 4.79 Å². The highest BCUT2D eigenvalue weighted by atomic mass is 35.5. The van der Waals surface area contributed by atoms with Crippen molar-refractivity contribution in [1.29, 1.82) is 0 Å². The number of anilines is 1. The highest BCUT2D eigenvalue weighted by molar-refractivity contribution is 7.89. The molecule has 0 saturated carbocycles. The van der Waals surface area contributed by atoms with Crippen molar-refractivity contribution < 1.29 is 22.7 Å². The van der Waals surface area contributed by atoms with Crippen molar-refractivity contribution in [2.75, 3.05) is 19.5 Å². The number of benzene rings is 3.